The molecule has 2 saturated heterocycles. The zero-order chi connectivity index (χ0) is 25.2. The third-order valence-electron chi connectivity index (χ3n) is 6.86. The first-order valence-corrected chi connectivity index (χ1v) is 12.4. The number of halogens is 1. The maximum Gasteiger partial charge on any atom is 0.295 e. The number of aromatic nitrogens is 2. The van der Waals surface area contributed by atoms with Crippen LogP contribution < -0.4 is 10.0 Å². The summed E-state index contributed by atoms with van der Waals surface area (Å²) in [4.78, 5) is 29.3. The topological polar surface area (TPSA) is 91.9 Å². The fourth-order valence-corrected chi connectivity index (χ4v) is 5.12. The number of hydrogen-bond donors (Lipinski definition) is 1. The maximum absolute atomic E-state index is 13.8. The minimum atomic E-state index is -0.809. The normalized spacial score (nSPS) is 20.3. The number of ether oxygens (including phenoxy) is 1. The monoisotopic (exact) mass is 506 g/mol. The lowest BCUT2D eigenvalue weighted by molar-refractivity contribution is -0.907. The predicted molar refractivity (Wildman–Crippen MR) is 133 cm³/mol. The molecule has 1 amide bonds. The molecule has 3 heterocycles. The van der Waals surface area contributed by atoms with Gasteiger partial charge >= 0.3 is 0 Å². The molecule has 9 heteroatoms. The van der Waals surface area contributed by atoms with Gasteiger partial charge in [-0.2, -0.15) is 5.10 Å². The van der Waals surface area contributed by atoms with E-state index in [-0.39, 0.29) is 5.57 Å². The van der Waals surface area contributed by atoms with Crippen molar-refractivity contribution in [1.82, 2.24) is 14.7 Å². The third-order valence-corrected chi connectivity index (χ3v) is 7.09. The predicted octanol–water partition coefficient (Wildman–Crippen LogP) is 0.973. The smallest absolute Gasteiger partial charge is 0.295 e. The number of carbonyl (C=O) groups excluding carboxylic acids is 2. The molecule has 0 aliphatic carbocycles. The first kappa shape index (κ1) is 24.2. The van der Waals surface area contributed by atoms with E-state index in [2.05, 4.69) is 5.10 Å². The maximum atomic E-state index is 13.8. The highest BCUT2D eigenvalue weighted by Gasteiger charge is 2.44. The van der Waals surface area contributed by atoms with Gasteiger partial charge in [0.05, 0.1) is 44.2 Å². The fourth-order valence-electron chi connectivity index (χ4n) is 4.92. The number of nitrogens with one attached hydrogen (secondary N) is 1. The molecule has 0 bridgehead atoms. The van der Waals surface area contributed by atoms with E-state index in [4.69, 9.17) is 16.3 Å². The molecule has 1 aromatic heterocycles. The lowest BCUT2D eigenvalue weighted by Crippen LogP contribution is -3.14. The number of nitrogens with zero attached hydrogens (tertiary/aromatic N) is 3. The molecule has 0 radical (unpaired) electrons. The highest BCUT2D eigenvalue weighted by atomic mass is 35.5. The average Bonchev–Trinajstić information content (AvgIpc) is 3.40. The zero-order valence-corrected chi connectivity index (χ0v) is 20.7. The summed E-state index contributed by atoms with van der Waals surface area (Å²) in [7, 11) is 0. The van der Waals surface area contributed by atoms with Crippen LogP contribution in [0.3, 0.4) is 0 Å². The van der Waals surface area contributed by atoms with E-state index in [1.807, 2.05) is 30.3 Å². The van der Waals surface area contributed by atoms with Gasteiger partial charge in [0.1, 0.15) is 13.1 Å². The summed E-state index contributed by atoms with van der Waals surface area (Å²) in [5.74, 6) is -1.92. The molecule has 186 valence electrons. The molecule has 2 aliphatic rings. The minimum Gasteiger partial charge on any atom is -0.872 e. The Hall–Kier alpha value is -3.46. The van der Waals surface area contributed by atoms with Crippen LogP contribution in [-0.2, 0) is 14.3 Å². The number of amides is 1. The van der Waals surface area contributed by atoms with E-state index in [0.717, 1.165) is 18.8 Å². The van der Waals surface area contributed by atoms with Crippen molar-refractivity contribution in [3.63, 3.8) is 0 Å². The van der Waals surface area contributed by atoms with Gasteiger partial charge in [0.2, 0.25) is 5.78 Å². The molecule has 3 aromatic rings. The van der Waals surface area contributed by atoms with Gasteiger partial charge in [-0.15, -0.1) is 0 Å². The molecule has 2 aliphatic heterocycles. The summed E-state index contributed by atoms with van der Waals surface area (Å²) >= 11 is 6.27. The van der Waals surface area contributed by atoms with Gasteiger partial charge in [-0.3, -0.25) is 9.59 Å². The average molecular weight is 507 g/mol. The molecular weight excluding hydrogens is 480 g/mol. The zero-order valence-electron chi connectivity index (χ0n) is 19.9. The Morgan fingerprint density at radius 3 is 2.61 bits per heavy atom. The van der Waals surface area contributed by atoms with Crippen LogP contribution in [-0.4, -0.2) is 65.8 Å². The second kappa shape index (κ2) is 10.3. The molecule has 36 heavy (non-hydrogen) atoms. The van der Waals surface area contributed by atoms with E-state index in [1.165, 1.54) is 16.0 Å². The molecule has 2 fully saturated rings. The van der Waals surface area contributed by atoms with E-state index in [0.29, 0.717) is 48.1 Å². The summed E-state index contributed by atoms with van der Waals surface area (Å²) in [6.07, 6.45) is 1.46. The van der Waals surface area contributed by atoms with Gasteiger partial charge in [-0.05, 0) is 36.8 Å². The fraction of sp³-hybridized carbons (Fsp3) is 0.296. The first-order valence-electron chi connectivity index (χ1n) is 12.0. The highest BCUT2D eigenvalue weighted by Crippen LogP contribution is 2.39. The van der Waals surface area contributed by atoms with Crippen molar-refractivity contribution in [3.8, 4) is 5.69 Å². The van der Waals surface area contributed by atoms with Crippen molar-refractivity contribution in [3.05, 3.63) is 88.2 Å². The van der Waals surface area contributed by atoms with Gasteiger partial charge in [-0.1, -0.05) is 47.7 Å². The molecule has 1 atom stereocenters. The van der Waals surface area contributed by atoms with E-state index >= 15 is 0 Å². The number of carbonyl (C=O) groups is 2. The van der Waals surface area contributed by atoms with Crippen LogP contribution in [0.25, 0.3) is 11.4 Å². The second-order valence-electron chi connectivity index (χ2n) is 9.03. The van der Waals surface area contributed by atoms with Gasteiger partial charge in [0.25, 0.3) is 5.91 Å². The third kappa shape index (κ3) is 4.55. The van der Waals surface area contributed by atoms with Gasteiger partial charge in [0.15, 0.2) is 0 Å². The number of quaternary nitrogens is 1. The summed E-state index contributed by atoms with van der Waals surface area (Å²) in [5, 5.41) is 18.7. The quantitative estimate of drug-likeness (QED) is 0.306. The summed E-state index contributed by atoms with van der Waals surface area (Å²) in [6.45, 7) is 5.79. The Kier molecular flexibility index (Phi) is 6.91. The van der Waals surface area contributed by atoms with Gasteiger partial charge in [-0.25, -0.2) is 4.68 Å². The molecule has 8 nitrogen and oxygen atoms in total. The van der Waals surface area contributed by atoms with E-state index in [9.17, 15) is 14.7 Å². The Bertz CT molecular complexity index is 1310. The van der Waals surface area contributed by atoms with Crippen molar-refractivity contribution in [2.24, 2.45) is 0 Å². The lowest BCUT2D eigenvalue weighted by Gasteiger charge is -2.30. The number of morpholine rings is 1. The lowest BCUT2D eigenvalue weighted by atomic mass is 9.95. The van der Waals surface area contributed by atoms with Crippen molar-refractivity contribution in [2.45, 2.75) is 13.0 Å². The first-order chi connectivity index (χ1) is 17.5. The van der Waals surface area contributed by atoms with Gasteiger partial charge < -0.3 is 19.6 Å². The number of likely N-dealkylation sites (tertiary alicyclic amines) is 1. The summed E-state index contributed by atoms with van der Waals surface area (Å²) < 4.78 is 7.08. The molecule has 1 N–H and O–H groups in total. The Morgan fingerprint density at radius 1 is 1.14 bits per heavy atom. The van der Waals surface area contributed by atoms with Crippen LogP contribution in [0.15, 0.2) is 66.4 Å². The van der Waals surface area contributed by atoms with Crippen molar-refractivity contribution in [2.75, 3.05) is 39.4 Å². The highest BCUT2D eigenvalue weighted by molar-refractivity contribution is 6.46. The largest absolute Gasteiger partial charge is 0.872 e. The second-order valence-corrected chi connectivity index (χ2v) is 9.47. The van der Waals surface area contributed by atoms with Crippen molar-refractivity contribution in [1.29, 1.82) is 0 Å². The molecule has 2 aromatic carbocycles. The number of Topliss-reactive ketones (excluding diaryl/α,β-unsaturated/α-hetero) is 1. The molecule has 0 saturated carbocycles. The summed E-state index contributed by atoms with van der Waals surface area (Å²) in [5.41, 5.74) is 2.27. The number of para-hydroxylation sites is 1. The molecular formula is C27H27ClN4O4. The number of benzene rings is 2. The molecule has 0 spiro atoms. The van der Waals surface area contributed by atoms with E-state index < -0.39 is 23.5 Å². The van der Waals surface area contributed by atoms with Crippen LogP contribution in [0.5, 0.6) is 0 Å². The standard InChI is InChI=1S/C27H27ClN4O4/c1-18-22(17-29-32(18)21-8-3-2-4-9-21)25(33)23-24(19-6-5-7-20(28)16-19)31(27(35)26(23)34)11-10-30-12-14-36-15-13-30/h2-9,16-17,24,33H,10-15H2,1H3. The molecule has 1 unspecified atom stereocenters. The van der Waals surface area contributed by atoms with Gasteiger partial charge in [0, 0.05) is 21.9 Å². The van der Waals surface area contributed by atoms with Crippen LogP contribution in [0, 0.1) is 6.92 Å². The Labute approximate surface area is 214 Å². The number of hydrogen-bond acceptors (Lipinski definition) is 5. The van der Waals surface area contributed by atoms with E-state index in [1.54, 1.807) is 35.9 Å². The van der Waals surface area contributed by atoms with Crippen LogP contribution in [0.2, 0.25) is 5.02 Å². The molecule has 5 rings (SSSR count). The summed E-state index contributed by atoms with van der Waals surface area (Å²) in [6, 6.07) is 15.6. The number of rotatable bonds is 6. The van der Waals surface area contributed by atoms with Crippen molar-refractivity contribution < 1.29 is 24.3 Å². The van der Waals surface area contributed by atoms with Crippen LogP contribution in [0.1, 0.15) is 22.9 Å². The number of ketones is 1. The SMILES string of the molecule is Cc1c(C([O-])=C2C(=O)C(=O)N(CC[NH+]3CCOCC3)C2c2cccc(Cl)c2)cnn1-c1ccccc1. The van der Waals surface area contributed by atoms with Crippen molar-refractivity contribution >= 4 is 29.1 Å². The Morgan fingerprint density at radius 2 is 1.89 bits per heavy atom. The Balaban J connectivity index is 1.56. The minimum absolute atomic E-state index is 0.0602. The van der Waals surface area contributed by atoms with Crippen LogP contribution in [0.4, 0.5) is 0 Å². The van der Waals surface area contributed by atoms with Crippen LogP contribution >= 0.6 is 11.6 Å².